The predicted molar refractivity (Wildman–Crippen MR) is 169 cm³/mol. The van der Waals surface area contributed by atoms with E-state index in [2.05, 4.69) is 26.2 Å². The topological polar surface area (TPSA) is 157 Å². The molecule has 2 aliphatic carbocycles. The van der Waals surface area contributed by atoms with Crippen LogP contribution in [0.1, 0.15) is 77.0 Å². The maximum absolute atomic E-state index is 12.5. The van der Waals surface area contributed by atoms with E-state index in [1.807, 2.05) is 4.90 Å². The standard InChI is InChI=1S/C31H58ClN7O5/c32-23-10-8-21(9-11-23)12-13-34-14-16-38(15-4-7-25(40)43-18-22-5-2-1-3-6-22)17-24-27(41)28(42)31(44-24)39-20-37-26-29(33)35-19-36-30(26)39/h21-24,26-31,34-37,41-42H,1-20,33H2/t21?,23?,24-,26?,27-,28-,29?,30?,31-/m1/s1. The SMILES string of the molecule is NC1NCNC2C1NCN2[C@@H]1O[C@H](CN(CCCC(=O)OCC2CCCCC2)CCNCCC2CCC(Cl)CC2)[C@@H](O)[C@H]1O. The number of hydrogen-bond donors (Lipinski definition) is 7. The van der Waals surface area contributed by atoms with Gasteiger partial charge in [-0.3, -0.25) is 25.6 Å². The fraction of sp³-hybridized carbons (Fsp3) is 0.968. The zero-order valence-electron chi connectivity index (χ0n) is 26.4. The van der Waals surface area contributed by atoms with E-state index in [1.165, 1.54) is 32.1 Å². The lowest BCUT2D eigenvalue weighted by Crippen LogP contribution is -2.68. The lowest BCUT2D eigenvalue weighted by Gasteiger charge is -2.38. The maximum Gasteiger partial charge on any atom is 0.305 e. The summed E-state index contributed by atoms with van der Waals surface area (Å²) in [5.74, 6) is 1.13. The lowest BCUT2D eigenvalue weighted by molar-refractivity contribution is -0.145. The first-order valence-electron chi connectivity index (χ1n) is 17.3. The van der Waals surface area contributed by atoms with Crippen molar-refractivity contribution in [2.75, 3.05) is 52.7 Å². The number of hydrogen-bond acceptors (Lipinski definition) is 12. The number of carbonyl (C=O) groups is 1. The number of nitrogens with two attached hydrogens (primary N) is 1. The Hall–Kier alpha value is -0.640. The van der Waals surface area contributed by atoms with Crippen LogP contribution in [0.3, 0.4) is 0 Å². The molecule has 254 valence electrons. The molecule has 0 radical (unpaired) electrons. The average Bonchev–Trinajstić information content (AvgIpc) is 3.58. The second kappa shape index (κ2) is 17.5. The summed E-state index contributed by atoms with van der Waals surface area (Å²) in [4.78, 5) is 16.8. The van der Waals surface area contributed by atoms with E-state index in [4.69, 9.17) is 26.8 Å². The summed E-state index contributed by atoms with van der Waals surface area (Å²) in [6.07, 6.45) is 9.41. The van der Waals surface area contributed by atoms with Crippen molar-refractivity contribution in [3.8, 4) is 0 Å². The van der Waals surface area contributed by atoms with Crippen LogP contribution in [0.5, 0.6) is 0 Å². The van der Waals surface area contributed by atoms with Gasteiger partial charge in [0.25, 0.3) is 0 Å². The van der Waals surface area contributed by atoms with Crippen molar-refractivity contribution < 1.29 is 24.5 Å². The minimum atomic E-state index is -1.04. The van der Waals surface area contributed by atoms with E-state index in [0.29, 0.717) is 57.2 Å². The number of nitrogens with one attached hydrogen (secondary N) is 4. The lowest BCUT2D eigenvalue weighted by atomic mass is 9.87. The highest BCUT2D eigenvalue weighted by Crippen LogP contribution is 2.30. The second-order valence-electron chi connectivity index (χ2n) is 13.8. The van der Waals surface area contributed by atoms with E-state index in [-0.39, 0.29) is 24.3 Å². The van der Waals surface area contributed by atoms with Crippen LogP contribution in [0, 0.1) is 11.8 Å². The molecule has 5 rings (SSSR count). The number of fused-ring (bicyclic) bond motifs is 1. The van der Waals surface area contributed by atoms with Gasteiger partial charge >= 0.3 is 5.97 Å². The highest BCUT2D eigenvalue weighted by atomic mass is 35.5. The van der Waals surface area contributed by atoms with Crippen LogP contribution in [0.2, 0.25) is 0 Å². The first-order chi connectivity index (χ1) is 21.4. The van der Waals surface area contributed by atoms with Crippen LogP contribution in [0.25, 0.3) is 0 Å². The highest BCUT2D eigenvalue weighted by Gasteiger charge is 2.51. The molecule has 3 aliphatic heterocycles. The quantitative estimate of drug-likeness (QED) is 0.0751. The molecule has 0 aromatic heterocycles. The van der Waals surface area contributed by atoms with E-state index in [1.54, 1.807) is 0 Å². The Labute approximate surface area is 268 Å². The van der Waals surface area contributed by atoms with Crippen molar-refractivity contribution in [3.63, 3.8) is 0 Å². The third kappa shape index (κ3) is 9.70. The maximum atomic E-state index is 12.5. The Kier molecular flexibility index (Phi) is 13.8. The van der Waals surface area contributed by atoms with Crippen molar-refractivity contribution in [2.24, 2.45) is 17.6 Å². The molecular weight excluding hydrogens is 586 g/mol. The van der Waals surface area contributed by atoms with Crippen molar-refractivity contribution in [1.82, 2.24) is 31.1 Å². The van der Waals surface area contributed by atoms with Crippen molar-refractivity contribution in [2.45, 2.75) is 125 Å². The van der Waals surface area contributed by atoms with Crippen LogP contribution in [0.4, 0.5) is 0 Å². The van der Waals surface area contributed by atoms with Gasteiger partial charge in [0.2, 0.25) is 0 Å². The molecule has 44 heavy (non-hydrogen) atoms. The summed E-state index contributed by atoms with van der Waals surface area (Å²) in [5, 5.41) is 36.0. The Morgan fingerprint density at radius 1 is 1.00 bits per heavy atom. The first kappa shape index (κ1) is 34.7. The Morgan fingerprint density at radius 2 is 1.80 bits per heavy atom. The van der Waals surface area contributed by atoms with Gasteiger partial charge < -0.3 is 30.7 Å². The predicted octanol–water partition coefficient (Wildman–Crippen LogP) is 0.409. The number of halogens is 1. The first-order valence-corrected chi connectivity index (χ1v) is 17.8. The molecular formula is C31H58ClN7O5. The Balaban J connectivity index is 1.09. The summed E-state index contributed by atoms with van der Waals surface area (Å²) >= 11 is 6.28. The Morgan fingerprint density at radius 3 is 2.59 bits per heavy atom. The molecule has 5 fully saturated rings. The molecule has 8 N–H and O–H groups in total. The molecule has 2 saturated carbocycles. The molecule has 7 atom stereocenters. The van der Waals surface area contributed by atoms with E-state index in [0.717, 1.165) is 57.7 Å². The van der Waals surface area contributed by atoms with Gasteiger partial charge in [-0.25, -0.2) is 4.90 Å². The van der Waals surface area contributed by atoms with E-state index in [9.17, 15) is 15.0 Å². The van der Waals surface area contributed by atoms with Gasteiger partial charge in [-0.05, 0) is 76.3 Å². The minimum Gasteiger partial charge on any atom is -0.465 e. The van der Waals surface area contributed by atoms with Gasteiger partial charge in [0.15, 0.2) is 0 Å². The van der Waals surface area contributed by atoms with Gasteiger partial charge in [0.05, 0.1) is 31.6 Å². The third-order valence-corrected chi connectivity index (χ3v) is 11.0. The van der Waals surface area contributed by atoms with Crippen LogP contribution in [-0.2, 0) is 14.3 Å². The second-order valence-corrected chi connectivity index (χ2v) is 14.4. The van der Waals surface area contributed by atoms with Crippen molar-refractivity contribution in [3.05, 3.63) is 0 Å². The van der Waals surface area contributed by atoms with Crippen LogP contribution in [-0.4, -0.2) is 127 Å². The van der Waals surface area contributed by atoms with Gasteiger partial charge in [-0.1, -0.05) is 19.3 Å². The molecule has 3 heterocycles. The van der Waals surface area contributed by atoms with Gasteiger partial charge in [-0.15, -0.1) is 11.6 Å². The summed E-state index contributed by atoms with van der Waals surface area (Å²) in [6, 6.07) is -0.0267. The largest absolute Gasteiger partial charge is 0.465 e. The zero-order chi connectivity index (χ0) is 30.9. The number of aliphatic hydroxyl groups is 2. The van der Waals surface area contributed by atoms with Crippen LogP contribution >= 0.6 is 11.6 Å². The highest BCUT2D eigenvalue weighted by molar-refractivity contribution is 6.20. The van der Waals surface area contributed by atoms with Crippen molar-refractivity contribution >= 4 is 17.6 Å². The number of rotatable bonds is 15. The van der Waals surface area contributed by atoms with E-state index >= 15 is 0 Å². The summed E-state index contributed by atoms with van der Waals surface area (Å²) in [6.45, 7) is 5.30. The Bertz CT molecular complexity index is 865. The summed E-state index contributed by atoms with van der Waals surface area (Å²) < 4.78 is 12.0. The molecule has 3 unspecified atom stereocenters. The molecule has 0 amide bonds. The number of aliphatic hydroxyl groups excluding tert-OH is 2. The van der Waals surface area contributed by atoms with E-state index < -0.39 is 24.5 Å². The molecule has 3 saturated heterocycles. The zero-order valence-corrected chi connectivity index (χ0v) is 27.1. The number of nitrogens with zero attached hydrogens (tertiary/aromatic N) is 2. The van der Waals surface area contributed by atoms with Crippen molar-refractivity contribution in [1.29, 1.82) is 0 Å². The number of alkyl halides is 1. The molecule has 5 aliphatic rings. The summed E-state index contributed by atoms with van der Waals surface area (Å²) in [5.41, 5.74) is 6.23. The average molecular weight is 644 g/mol. The third-order valence-electron chi connectivity index (χ3n) is 10.5. The number of esters is 1. The minimum absolute atomic E-state index is 0.0267. The van der Waals surface area contributed by atoms with Crippen LogP contribution in [0.15, 0.2) is 0 Å². The fourth-order valence-electron chi connectivity index (χ4n) is 7.72. The smallest absolute Gasteiger partial charge is 0.305 e. The van der Waals surface area contributed by atoms with Crippen LogP contribution < -0.4 is 27.0 Å². The number of ether oxygens (including phenoxy) is 2. The normalized spacial score (nSPS) is 37.0. The molecule has 0 aromatic rings. The fourth-order valence-corrected chi connectivity index (χ4v) is 7.97. The van der Waals surface area contributed by atoms with Gasteiger partial charge in [0, 0.05) is 38.1 Å². The molecule has 12 nitrogen and oxygen atoms in total. The summed E-state index contributed by atoms with van der Waals surface area (Å²) in [7, 11) is 0. The molecule has 13 heteroatoms. The molecule has 0 spiro atoms. The van der Waals surface area contributed by atoms with Gasteiger partial charge in [0.1, 0.15) is 24.5 Å². The van der Waals surface area contributed by atoms with Gasteiger partial charge in [-0.2, -0.15) is 0 Å². The number of carbonyl (C=O) groups excluding carboxylic acids is 1. The molecule has 0 aromatic carbocycles. The molecule has 0 bridgehead atoms. The monoisotopic (exact) mass is 643 g/mol.